The Balaban J connectivity index is 1.22. The molecular formula is C28H36N6O2. The van der Waals surface area contributed by atoms with Crippen LogP contribution in [-0.2, 0) is 11.2 Å². The molecule has 3 aromatic rings. The van der Waals surface area contributed by atoms with Gasteiger partial charge in [-0.05, 0) is 69.2 Å². The first kappa shape index (κ1) is 24.6. The number of nitrogens with one attached hydrogen (secondary N) is 1. The average Bonchev–Trinajstić information content (AvgIpc) is 3.31. The number of aryl methyl sites for hydroxylation is 2. The Morgan fingerprint density at radius 2 is 1.83 bits per heavy atom. The fourth-order valence-corrected chi connectivity index (χ4v) is 5.55. The lowest BCUT2D eigenvalue weighted by molar-refractivity contribution is 0.00720. The van der Waals surface area contributed by atoms with Crippen molar-refractivity contribution < 1.29 is 9.53 Å². The molecule has 1 saturated heterocycles. The summed E-state index contributed by atoms with van der Waals surface area (Å²) in [6.45, 7) is 9.91. The summed E-state index contributed by atoms with van der Waals surface area (Å²) >= 11 is 0. The summed E-state index contributed by atoms with van der Waals surface area (Å²) in [6, 6.07) is 6.68. The van der Waals surface area contributed by atoms with E-state index in [2.05, 4.69) is 34.1 Å². The number of hydrogen-bond donors (Lipinski definition) is 1. The molecule has 2 aliphatic rings. The van der Waals surface area contributed by atoms with Crippen LogP contribution >= 0.6 is 0 Å². The number of carbonyl (C=O) groups excluding carboxylic acids is 1. The minimum Gasteiger partial charge on any atom is -0.379 e. The van der Waals surface area contributed by atoms with E-state index < -0.39 is 0 Å². The Morgan fingerprint density at radius 3 is 2.50 bits per heavy atom. The molecule has 1 amide bonds. The van der Waals surface area contributed by atoms with E-state index in [0.717, 1.165) is 62.4 Å². The molecule has 36 heavy (non-hydrogen) atoms. The van der Waals surface area contributed by atoms with Gasteiger partial charge in [0, 0.05) is 36.9 Å². The van der Waals surface area contributed by atoms with Crippen LogP contribution in [0.25, 0.3) is 5.82 Å². The summed E-state index contributed by atoms with van der Waals surface area (Å²) in [5, 5.41) is 7.41. The SMILES string of the molecule is CCc1ccc(-n2ncc(C(=O)Nc3cnc([C@H]4CC[C@H](N5CCOCC5)CC4)c(C)c3)c2C)nc1. The Labute approximate surface area is 213 Å². The standard InChI is InChI=1S/C28H36N6O2/c1-4-21-5-10-26(29-16-21)34-20(3)25(18-31-34)28(35)32-23-15-19(2)27(30-17-23)22-6-8-24(9-7-22)33-11-13-36-14-12-33/h5,10,15-18,22,24H,4,6-9,11-14H2,1-3H3,(H,32,35)/t22-,24-. The Kier molecular flexibility index (Phi) is 7.43. The number of anilines is 1. The zero-order valence-corrected chi connectivity index (χ0v) is 21.5. The molecule has 1 N–H and O–H groups in total. The molecule has 1 aliphatic heterocycles. The van der Waals surface area contributed by atoms with Crippen LogP contribution in [0.2, 0.25) is 0 Å². The highest BCUT2D eigenvalue weighted by molar-refractivity contribution is 6.04. The Morgan fingerprint density at radius 1 is 1.06 bits per heavy atom. The van der Waals surface area contributed by atoms with Crippen molar-refractivity contribution in [3.63, 3.8) is 0 Å². The van der Waals surface area contributed by atoms with Gasteiger partial charge >= 0.3 is 0 Å². The molecule has 0 spiro atoms. The summed E-state index contributed by atoms with van der Waals surface area (Å²) in [4.78, 5) is 24.9. The van der Waals surface area contributed by atoms with E-state index in [9.17, 15) is 4.79 Å². The van der Waals surface area contributed by atoms with Gasteiger partial charge in [-0.2, -0.15) is 5.10 Å². The van der Waals surface area contributed by atoms with Crippen LogP contribution in [0, 0.1) is 13.8 Å². The van der Waals surface area contributed by atoms with Gasteiger partial charge in [0.05, 0.1) is 42.6 Å². The fourth-order valence-electron chi connectivity index (χ4n) is 5.55. The topological polar surface area (TPSA) is 85.2 Å². The third kappa shape index (κ3) is 5.20. The number of amides is 1. The van der Waals surface area contributed by atoms with Gasteiger partial charge in [-0.1, -0.05) is 13.0 Å². The lowest BCUT2D eigenvalue weighted by Gasteiger charge is -2.38. The van der Waals surface area contributed by atoms with Crippen molar-refractivity contribution in [3.05, 3.63) is 64.9 Å². The number of rotatable bonds is 6. The number of pyridine rings is 2. The summed E-state index contributed by atoms with van der Waals surface area (Å²) in [5.41, 5.74) is 5.45. The van der Waals surface area contributed by atoms with Crippen molar-refractivity contribution in [3.8, 4) is 5.82 Å². The van der Waals surface area contributed by atoms with Gasteiger partial charge in [-0.3, -0.25) is 14.7 Å². The first-order chi connectivity index (χ1) is 17.5. The lowest BCUT2D eigenvalue weighted by atomic mass is 9.82. The third-order valence-corrected chi connectivity index (χ3v) is 7.71. The summed E-state index contributed by atoms with van der Waals surface area (Å²) in [7, 11) is 0. The van der Waals surface area contributed by atoms with E-state index in [-0.39, 0.29) is 5.91 Å². The molecular weight excluding hydrogens is 452 g/mol. The van der Waals surface area contributed by atoms with E-state index >= 15 is 0 Å². The molecule has 0 unspecified atom stereocenters. The predicted molar refractivity (Wildman–Crippen MR) is 140 cm³/mol. The van der Waals surface area contributed by atoms with Crippen molar-refractivity contribution in [2.75, 3.05) is 31.6 Å². The lowest BCUT2D eigenvalue weighted by Crippen LogP contribution is -2.44. The molecule has 1 aliphatic carbocycles. The van der Waals surface area contributed by atoms with Gasteiger partial charge < -0.3 is 10.1 Å². The quantitative estimate of drug-likeness (QED) is 0.552. The molecule has 8 nitrogen and oxygen atoms in total. The normalized spacial score (nSPS) is 20.9. The van der Waals surface area contributed by atoms with E-state index in [0.29, 0.717) is 29.0 Å². The highest BCUT2D eigenvalue weighted by Crippen LogP contribution is 2.36. The molecule has 190 valence electrons. The first-order valence-electron chi connectivity index (χ1n) is 13.1. The highest BCUT2D eigenvalue weighted by Gasteiger charge is 2.29. The zero-order valence-electron chi connectivity index (χ0n) is 21.5. The van der Waals surface area contributed by atoms with Crippen molar-refractivity contribution in [1.29, 1.82) is 0 Å². The number of aromatic nitrogens is 4. The van der Waals surface area contributed by atoms with Crippen molar-refractivity contribution >= 4 is 11.6 Å². The molecule has 0 radical (unpaired) electrons. The predicted octanol–water partition coefficient (Wildman–Crippen LogP) is 4.45. The monoisotopic (exact) mass is 488 g/mol. The fraction of sp³-hybridized carbons (Fsp3) is 0.500. The molecule has 0 bridgehead atoms. The highest BCUT2D eigenvalue weighted by atomic mass is 16.5. The van der Waals surface area contributed by atoms with Gasteiger partial charge in [0.15, 0.2) is 5.82 Å². The molecule has 0 atom stereocenters. The van der Waals surface area contributed by atoms with Crippen LogP contribution in [-0.4, -0.2) is 62.9 Å². The maximum atomic E-state index is 13.0. The maximum Gasteiger partial charge on any atom is 0.259 e. The first-order valence-corrected chi connectivity index (χ1v) is 13.1. The van der Waals surface area contributed by atoms with Gasteiger partial charge in [0.25, 0.3) is 5.91 Å². The largest absolute Gasteiger partial charge is 0.379 e. The molecule has 8 heteroatoms. The van der Waals surface area contributed by atoms with Crippen molar-refractivity contribution in [2.45, 2.75) is 64.8 Å². The Hall–Kier alpha value is -3.10. The number of carbonyl (C=O) groups is 1. The van der Waals surface area contributed by atoms with E-state index in [1.807, 2.05) is 31.3 Å². The van der Waals surface area contributed by atoms with Crippen LogP contribution in [0.3, 0.4) is 0 Å². The second-order valence-corrected chi connectivity index (χ2v) is 9.97. The number of ether oxygens (including phenoxy) is 1. The molecule has 1 saturated carbocycles. The van der Waals surface area contributed by atoms with E-state index in [4.69, 9.17) is 9.72 Å². The molecule has 4 heterocycles. The number of morpholine rings is 1. The second kappa shape index (κ2) is 10.9. The molecule has 2 fully saturated rings. The third-order valence-electron chi connectivity index (χ3n) is 7.71. The van der Waals surface area contributed by atoms with Crippen LogP contribution in [0.5, 0.6) is 0 Å². The van der Waals surface area contributed by atoms with Gasteiger partial charge in [0.2, 0.25) is 0 Å². The van der Waals surface area contributed by atoms with Crippen LogP contribution in [0.15, 0.2) is 36.8 Å². The summed E-state index contributed by atoms with van der Waals surface area (Å²) in [6.07, 6.45) is 10.9. The smallest absolute Gasteiger partial charge is 0.259 e. The van der Waals surface area contributed by atoms with Gasteiger partial charge in [-0.15, -0.1) is 0 Å². The van der Waals surface area contributed by atoms with Gasteiger partial charge in [0.1, 0.15) is 0 Å². The zero-order chi connectivity index (χ0) is 25.1. The molecule has 3 aromatic heterocycles. The average molecular weight is 489 g/mol. The Bertz CT molecular complexity index is 1190. The van der Waals surface area contributed by atoms with Crippen LogP contribution in [0.4, 0.5) is 5.69 Å². The van der Waals surface area contributed by atoms with E-state index in [1.165, 1.54) is 18.5 Å². The van der Waals surface area contributed by atoms with Crippen molar-refractivity contribution in [1.82, 2.24) is 24.6 Å². The minimum absolute atomic E-state index is 0.191. The van der Waals surface area contributed by atoms with E-state index in [1.54, 1.807) is 17.1 Å². The second-order valence-electron chi connectivity index (χ2n) is 9.97. The van der Waals surface area contributed by atoms with Crippen LogP contribution < -0.4 is 5.32 Å². The molecule has 5 rings (SSSR count). The summed E-state index contributed by atoms with van der Waals surface area (Å²) < 4.78 is 7.21. The number of nitrogens with zero attached hydrogens (tertiary/aromatic N) is 5. The van der Waals surface area contributed by atoms with Crippen LogP contribution in [0.1, 0.15) is 71.4 Å². The number of hydrogen-bond acceptors (Lipinski definition) is 6. The molecule has 0 aromatic carbocycles. The van der Waals surface area contributed by atoms with Gasteiger partial charge in [-0.25, -0.2) is 9.67 Å². The van der Waals surface area contributed by atoms with Crippen molar-refractivity contribution in [2.24, 2.45) is 0 Å². The summed E-state index contributed by atoms with van der Waals surface area (Å²) in [5.74, 6) is 0.997. The minimum atomic E-state index is -0.191. The maximum absolute atomic E-state index is 13.0.